The van der Waals surface area contributed by atoms with E-state index in [-0.39, 0.29) is 11.2 Å². The van der Waals surface area contributed by atoms with Crippen LogP contribution < -0.4 is 0 Å². The average Bonchev–Trinajstić information content (AvgIpc) is 2.20. The second-order valence-electron chi connectivity index (χ2n) is 4.71. The van der Waals surface area contributed by atoms with Gasteiger partial charge in [0.2, 0.25) is 0 Å². The molecule has 1 heterocycles. The van der Waals surface area contributed by atoms with Gasteiger partial charge in [0.1, 0.15) is 0 Å². The van der Waals surface area contributed by atoms with Crippen molar-refractivity contribution >= 4 is 5.78 Å². The molecule has 0 amide bonds. The summed E-state index contributed by atoms with van der Waals surface area (Å²) in [5, 5.41) is 2.68. The van der Waals surface area contributed by atoms with E-state index in [1.807, 2.05) is 20.8 Å². The minimum absolute atomic E-state index is 0.169. The van der Waals surface area contributed by atoms with Crippen LogP contribution in [0.1, 0.15) is 20.8 Å². The van der Waals surface area contributed by atoms with E-state index in [0.717, 1.165) is 5.57 Å². The summed E-state index contributed by atoms with van der Waals surface area (Å²) < 4.78 is 0. The zero-order chi connectivity index (χ0) is 12.2. The van der Waals surface area contributed by atoms with Crippen LogP contribution in [-0.2, 0) is 4.79 Å². The summed E-state index contributed by atoms with van der Waals surface area (Å²) in [7, 11) is 0. The summed E-state index contributed by atoms with van der Waals surface area (Å²) in [6.07, 6.45) is 8.26. The van der Waals surface area contributed by atoms with E-state index in [4.69, 9.17) is 0 Å². The predicted octanol–water partition coefficient (Wildman–Crippen LogP) is 2.59. The summed E-state index contributed by atoms with van der Waals surface area (Å²) in [6, 6.07) is 0. The molecule has 1 aliphatic rings. The van der Waals surface area contributed by atoms with E-state index >= 15 is 0 Å². The van der Waals surface area contributed by atoms with Gasteiger partial charge in [0, 0.05) is 17.8 Å². The van der Waals surface area contributed by atoms with Gasteiger partial charge in [0.05, 0.1) is 12.7 Å². The van der Waals surface area contributed by atoms with Gasteiger partial charge < -0.3 is 4.90 Å². The maximum Gasteiger partial charge on any atom is 0.157 e. The van der Waals surface area contributed by atoms with Gasteiger partial charge in [-0.2, -0.15) is 0 Å². The van der Waals surface area contributed by atoms with E-state index in [0.29, 0.717) is 6.54 Å². The third kappa shape index (κ3) is 3.46. The van der Waals surface area contributed by atoms with Crippen LogP contribution in [0.2, 0.25) is 0 Å². The molecule has 0 saturated heterocycles. The molecule has 1 aliphatic heterocycles. The molecule has 0 spiro atoms. The third-order valence-corrected chi connectivity index (χ3v) is 2.28. The molecule has 0 aliphatic carbocycles. The highest BCUT2D eigenvalue weighted by Crippen LogP contribution is 2.17. The van der Waals surface area contributed by atoms with Crippen LogP contribution in [0.4, 0.5) is 0 Å². The Morgan fingerprint density at radius 1 is 1.38 bits per heavy atom. The van der Waals surface area contributed by atoms with Gasteiger partial charge in [-0.1, -0.05) is 20.8 Å². The monoisotopic (exact) mass is 220 g/mol. The Bertz CT molecular complexity index is 357. The van der Waals surface area contributed by atoms with E-state index in [1.165, 1.54) is 6.20 Å². The fourth-order valence-electron chi connectivity index (χ4n) is 1.12. The lowest BCUT2D eigenvalue weighted by Gasteiger charge is -2.23. The Labute approximate surface area is 95.3 Å². The molecular formula is C12H16N2O2. The number of ketones is 1. The van der Waals surface area contributed by atoms with Crippen molar-refractivity contribution in [3.05, 3.63) is 41.2 Å². The van der Waals surface area contributed by atoms with Crippen molar-refractivity contribution in [1.29, 1.82) is 0 Å². The molecule has 0 aromatic rings. The van der Waals surface area contributed by atoms with Crippen molar-refractivity contribution in [2.24, 2.45) is 10.6 Å². The molecular weight excluding hydrogens is 204 g/mol. The molecule has 0 aromatic heterocycles. The molecule has 0 unspecified atom stereocenters. The van der Waals surface area contributed by atoms with Gasteiger partial charge >= 0.3 is 0 Å². The number of nitroso groups, excluding NO2 is 1. The molecule has 0 radical (unpaired) electrons. The highest BCUT2D eigenvalue weighted by atomic mass is 16.2. The fourth-order valence-corrected chi connectivity index (χ4v) is 1.12. The second-order valence-corrected chi connectivity index (χ2v) is 4.71. The lowest BCUT2D eigenvalue weighted by molar-refractivity contribution is -0.126. The lowest BCUT2D eigenvalue weighted by Crippen LogP contribution is -2.30. The number of hydrogen-bond donors (Lipinski definition) is 0. The van der Waals surface area contributed by atoms with Crippen molar-refractivity contribution in [3.63, 3.8) is 0 Å². The molecule has 0 fully saturated rings. The summed E-state index contributed by atoms with van der Waals surface area (Å²) in [4.78, 5) is 23.5. The zero-order valence-electron chi connectivity index (χ0n) is 9.80. The predicted molar refractivity (Wildman–Crippen MR) is 63.3 cm³/mol. The molecule has 0 saturated carbocycles. The van der Waals surface area contributed by atoms with Crippen LogP contribution in [0.15, 0.2) is 41.5 Å². The minimum Gasteiger partial charge on any atom is -0.347 e. The number of allylic oxidation sites excluding steroid dienone is 3. The summed E-state index contributed by atoms with van der Waals surface area (Å²) in [5.41, 5.74) is 0.400. The molecule has 0 atom stereocenters. The first-order valence-electron chi connectivity index (χ1n) is 5.11. The number of Topliss-reactive ketones (excluding diaryl/α,β-unsaturated/α-hetero) is 1. The lowest BCUT2D eigenvalue weighted by atomic mass is 9.90. The van der Waals surface area contributed by atoms with Gasteiger partial charge in [-0.15, -0.1) is 4.91 Å². The van der Waals surface area contributed by atoms with Gasteiger partial charge in [0.25, 0.3) is 0 Å². The molecule has 4 nitrogen and oxygen atoms in total. The van der Waals surface area contributed by atoms with E-state index in [2.05, 4.69) is 5.18 Å². The summed E-state index contributed by atoms with van der Waals surface area (Å²) >= 11 is 0. The van der Waals surface area contributed by atoms with Crippen molar-refractivity contribution in [2.75, 3.05) is 6.54 Å². The Balaban J connectivity index is 2.59. The van der Waals surface area contributed by atoms with Gasteiger partial charge in [-0.25, -0.2) is 0 Å². The SMILES string of the molecule is CC(C)(C)C(=O)CN1C=CC(=CN=O)C=C1. The van der Waals surface area contributed by atoms with E-state index < -0.39 is 0 Å². The molecule has 16 heavy (non-hydrogen) atoms. The molecule has 86 valence electrons. The van der Waals surface area contributed by atoms with Crippen LogP contribution >= 0.6 is 0 Å². The summed E-state index contributed by atoms with van der Waals surface area (Å²) in [6.45, 7) is 6.04. The zero-order valence-corrected chi connectivity index (χ0v) is 9.80. The largest absolute Gasteiger partial charge is 0.347 e. The van der Waals surface area contributed by atoms with Crippen LogP contribution in [0, 0.1) is 10.3 Å². The molecule has 0 aromatic carbocycles. The Hall–Kier alpha value is -1.71. The van der Waals surface area contributed by atoms with Crippen molar-refractivity contribution in [3.8, 4) is 0 Å². The Morgan fingerprint density at radius 3 is 2.38 bits per heavy atom. The van der Waals surface area contributed by atoms with Gasteiger partial charge in [-0.05, 0) is 22.9 Å². The number of carbonyl (C=O) groups is 1. The first-order valence-corrected chi connectivity index (χ1v) is 5.11. The first-order chi connectivity index (χ1) is 7.43. The van der Waals surface area contributed by atoms with E-state index in [9.17, 15) is 9.70 Å². The highest BCUT2D eigenvalue weighted by molar-refractivity contribution is 5.85. The maximum atomic E-state index is 11.7. The third-order valence-electron chi connectivity index (χ3n) is 2.28. The van der Waals surface area contributed by atoms with Crippen LogP contribution in [0.25, 0.3) is 0 Å². The van der Waals surface area contributed by atoms with Crippen molar-refractivity contribution < 1.29 is 4.79 Å². The molecule has 1 rings (SSSR count). The topological polar surface area (TPSA) is 49.7 Å². The number of carbonyl (C=O) groups excluding carboxylic acids is 1. The number of hydrogen-bond acceptors (Lipinski definition) is 4. The normalized spacial score (nSPS) is 15.2. The van der Waals surface area contributed by atoms with Crippen LogP contribution in [0.3, 0.4) is 0 Å². The second kappa shape index (κ2) is 4.88. The standard InChI is InChI=1S/C12H16N2O2/c1-12(2,3)11(15)9-14-6-4-10(5-7-14)8-13-16/h4-8H,9H2,1-3H3. The van der Waals surface area contributed by atoms with Gasteiger partial charge in [-0.3, -0.25) is 4.79 Å². The number of nitrogens with zero attached hydrogens (tertiary/aromatic N) is 2. The first kappa shape index (κ1) is 12.4. The Kier molecular flexibility index (Phi) is 3.77. The van der Waals surface area contributed by atoms with Crippen LogP contribution in [0.5, 0.6) is 0 Å². The minimum atomic E-state index is -0.331. The van der Waals surface area contributed by atoms with Crippen molar-refractivity contribution in [1.82, 2.24) is 4.90 Å². The quantitative estimate of drug-likeness (QED) is 0.687. The molecule has 0 bridgehead atoms. The maximum absolute atomic E-state index is 11.7. The van der Waals surface area contributed by atoms with Crippen LogP contribution in [-0.4, -0.2) is 17.2 Å². The van der Waals surface area contributed by atoms with Crippen molar-refractivity contribution in [2.45, 2.75) is 20.8 Å². The Morgan fingerprint density at radius 2 is 1.94 bits per heavy atom. The smallest absolute Gasteiger partial charge is 0.157 e. The average molecular weight is 220 g/mol. The molecule has 4 heteroatoms. The summed E-state index contributed by atoms with van der Waals surface area (Å²) in [5.74, 6) is 0.169. The fraction of sp³-hybridized carbons (Fsp3) is 0.417. The van der Waals surface area contributed by atoms with E-state index in [1.54, 1.807) is 29.5 Å². The molecule has 0 N–H and O–H groups in total. The van der Waals surface area contributed by atoms with Gasteiger partial charge in [0.15, 0.2) is 5.78 Å². The number of rotatable bonds is 3. The highest BCUT2D eigenvalue weighted by Gasteiger charge is 2.22.